The second kappa shape index (κ2) is 6.95. The van der Waals surface area contributed by atoms with Crippen molar-refractivity contribution < 1.29 is 9.84 Å². The summed E-state index contributed by atoms with van der Waals surface area (Å²) in [5.74, 6) is 0. The van der Waals surface area contributed by atoms with Crippen molar-refractivity contribution in [3.05, 3.63) is 23.5 Å². The van der Waals surface area contributed by atoms with Gasteiger partial charge in [0.15, 0.2) is 0 Å². The third-order valence-electron chi connectivity index (χ3n) is 3.67. The van der Waals surface area contributed by atoms with E-state index in [0.717, 1.165) is 51.0 Å². The molecule has 1 N–H and O–H groups in total. The average Bonchev–Trinajstić information content (AvgIpc) is 2.70. The minimum absolute atomic E-state index is 0.259. The highest BCUT2D eigenvalue weighted by molar-refractivity contribution is 5.27. The number of nitrogens with zero attached hydrogens (tertiary/aromatic N) is 1. The molecular weight excluding hydrogens is 226 g/mol. The number of rotatable bonds is 6. The van der Waals surface area contributed by atoms with Crippen LogP contribution < -0.4 is 0 Å². The van der Waals surface area contributed by atoms with E-state index >= 15 is 0 Å². The quantitative estimate of drug-likeness (QED) is 0.623. The molecule has 102 valence electrons. The summed E-state index contributed by atoms with van der Waals surface area (Å²) in [6.07, 6.45) is 10.7. The van der Waals surface area contributed by atoms with Crippen LogP contribution in [0.25, 0.3) is 0 Å². The normalized spacial score (nSPS) is 19.6. The van der Waals surface area contributed by atoms with Crippen molar-refractivity contribution >= 4 is 0 Å². The fourth-order valence-electron chi connectivity index (χ4n) is 2.54. The van der Waals surface area contributed by atoms with Crippen LogP contribution in [-0.2, 0) is 17.7 Å². The molecule has 0 aliphatic heterocycles. The molecule has 0 radical (unpaired) electrons. The lowest BCUT2D eigenvalue weighted by molar-refractivity contribution is 0.123. The Balaban J connectivity index is 1.85. The number of aryl methyl sites for hydroxylation is 1. The van der Waals surface area contributed by atoms with E-state index in [9.17, 15) is 5.11 Å². The Bertz CT molecular complexity index is 359. The first-order valence-electron chi connectivity index (χ1n) is 7.25. The van der Waals surface area contributed by atoms with Gasteiger partial charge in [0, 0.05) is 31.1 Å². The first-order valence-corrected chi connectivity index (χ1v) is 7.25. The second-order valence-electron chi connectivity index (χ2n) is 5.20. The molecule has 0 saturated carbocycles. The molecule has 1 unspecified atom stereocenters. The molecule has 1 atom stereocenters. The molecule has 0 amide bonds. The average molecular weight is 251 g/mol. The topological polar surface area (TPSA) is 34.4 Å². The summed E-state index contributed by atoms with van der Waals surface area (Å²) in [7, 11) is 0. The Morgan fingerprint density at radius 3 is 3.06 bits per heavy atom. The molecule has 1 aliphatic rings. The van der Waals surface area contributed by atoms with Crippen LogP contribution in [0.4, 0.5) is 0 Å². The highest BCUT2D eigenvalue weighted by Gasteiger charge is 2.18. The van der Waals surface area contributed by atoms with Gasteiger partial charge in [-0.25, -0.2) is 0 Å². The highest BCUT2D eigenvalue weighted by atomic mass is 16.5. The van der Waals surface area contributed by atoms with E-state index in [-0.39, 0.29) is 6.10 Å². The van der Waals surface area contributed by atoms with E-state index in [2.05, 4.69) is 23.9 Å². The second-order valence-corrected chi connectivity index (χ2v) is 5.20. The van der Waals surface area contributed by atoms with E-state index < -0.39 is 0 Å². The van der Waals surface area contributed by atoms with E-state index in [1.54, 1.807) is 0 Å². The molecular formula is C15H25NO2. The van der Waals surface area contributed by atoms with Crippen molar-refractivity contribution in [1.29, 1.82) is 0 Å². The summed E-state index contributed by atoms with van der Waals surface area (Å²) in [6.45, 7) is 4.70. The molecule has 1 heterocycles. The summed E-state index contributed by atoms with van der Waals surface area (Å²) >= 11 is 0. The van der Waals surface area contributed by atoms with Crippen molar-refractivity contribution in [2.75, 3.05) is 13.2 Å². The van der Waals surface area contributed by atoms with Crippen LogP contribution >= 0.6 is 0 Å². The molecule has 0 saturated heterocycles. The third kappa shape index (κ3) is 3.59. The minimum Gasteiger partial charge on any atom is -0.388 e. The maximum Gasteiger partial charge on any atom is 0.0807 e. The maximum atomic E-state index is 10.1. The van der Waals surface area contributed by atoms with Crippen LogP contribution in [0.2, 0.25) is 0 Å². The third-order valence-corrected chi connectivity index (χ3v) is 3.67. The monoisotopic (exact) mass is 251 g/mol. The predicted octanol–water partition coefficient (Wildman–Crippen LogP) is 3.06. The number of hydrogen-bond donors (Lipinski definition) is 1. The summed E-state index contributed by atoms with van der Waals surface area (Å²) in [5.41, 5.74) is 2.47. The van der Waals surface area contributed by atoms with Crippen molar-refractivity contribution in [3.8, 4) is 0 Å². The van der Waals surface area contributed by atoms with Gasteiger partial charge in [0.1, 0.15) is 0 Å². The molecule has 1 aromatic rings. The Morgan fingerprint density at radius 1 is 1.33 bits per heavy atom. The molecule has 0 spiro atoms. The minimum atomic E-state index is -0.259. The lowest BCUT2D eigenvalue weighted by atomic mass is 10.1. The van der Waals surface area contributed by atoms with Crippen molar-refractivity contribution in [2.45, 2.75) is 58.1 Å². The zero-order chi connectivity index (χ0) is 12.8. The fraction of sp³-hybridized carbons (Fsp3) is 0.733. The molecule has 0 bridgehead atoms. The number of aliphatic hydroxyl groups excluding tert-OH is 1. The first kappa shape index (κ1) is 13.6. The standard InChI is InChI=1S/C15H25NO2/c1-2-3-9-18-10-8-16-11-13-6-4-5-7-15(17)14(13)12-16/h11-12,15,17H,2-10H2,1H3. The van der Waals surface area contributed by atoms with Gasteiger partial charge in [-0.2, -0.15) is 0 Å². The number of fused-ring (bicyclic) bond motifs is 1. The number of unbranched alkanes of at least 4 members (excludes halogenated alkanes) is 1. The van der Waals surface area contributed by atoms with Crippen LogP contribution in [0.3, 0.4) is 0 Å². The maximum absolute atomic E-state index is 10.1. The number of hydrogen-bond acceptors (Lipinski definition) is 2. The molecule has 3 heteroatoms. The summed E-state index contributed by atoms with van der Waals surface area (Å²) < 4.78 is 7.75. The van der Waals surface area contributed by atoms with Gasteiger partial charge in [-0.1, -0.05) is 19.8 Å². The highest BCUT2D eigenvalue weighted by Crippen LogP contribution is 2.29. The van der Waals surface area contributed by atoms with Gasteiger partial charge >= 0.3 is 0 Å². The zero-order valence-corrected chi connectivity index (χ0v) is 11.4. The molecule has 3 nitrogen and oxygen atoms in total. The van der Waals surface area contributed by atoms with Gasteiger partial charge in [-0.15, -0.1) is 0 Å². The van der Waals surface area contributed by atoms with E-state index in [1.807, 2.05) is 0 Å². The van der Waals surface area contributed by atoms with Gasteiger partial charge in [0.2, 0.25) is 0 Å². The van der Waals surface area contributed by atoms with Crippen LogP contribution in [0.15, 0.2) is 12.4 Å². The van der Waals surface area contributed by atoms with E-state index in [1.165, 1.54) is 18.4 Å². The Labute approximate surface area is 110 Å². The van der Waals surface area contributed by atoms with Gasteiger partial charge in [0.25, 0.3) is 0 Å². The van der Waals surface area contributed by atoms with E-state index in [0.29, 0.717) is 0 Å². The van der Waals surface area contributed by atoms with Crippen LogP contribution in [0.1, 0.15) is 56.3 Å². The molecule has 1 aliphatic carbocycles. The van der Waals surface area contributed by atoms with Crippen LogP contribution in [0, 0.1) is 0 Å². The first-order chi connectivity index (χ1) is 8.81. The van der Waals surface area contributed by atoms with Gasteiger partial charge in [-0.05, 0) is 31.2 Å². The SMILES string of the molecule is CCCCOCCn1cc2c(c1)C(O)CCCC2. The number of ether oxygens (including phenoxy) is 1. The van der Waals surface area contributed by atoms with Crippen molar-refractivity contribution in [3.63, 3.8) is 0 Å². The Kier molecular flexibility index (Phi) is 5.26. The molecule has 1 aromatic heterocycles. The largest absolute Gasteiger partial charge is 0.388 e. The predicted molar refractivity (Wildman–Crippen MR) is 72.7 cm³/mol. The summed E-state index contributed by atoms with van der Waals surface area (Å²) in [6, 6.07) is 0. The zero-order valence-electron chi connectivity index (χ0n) is 11.4. The van der Waals surface area contributed by atoms with Crippen LogP contribution in [0.5, 0.6) is 0 Å². The fourth-order valence-corrected chi connectivity index (χ4v) is 2.54. The smallest absolute Gasteiger partial charge is 0.0807 e. The molecule has 0 fully saturated rings. The Morgan fingerprint density at radius 2 is 2.22 bits per heavy atom. The number of aromatic nitrogens is 1. The van der Waals surface area contributed by atoms with E-state index in [4.69, 9.17) is 4.74 Å². The summed E-state index contributed by atoms with van der Waals surface area (Å²) in [4.78, 5) is 0. The van der Waals surface area contributed by atoms with Crippen LogP contribution in [-0.4, -0.2) is 22.9 Å². The lowest BCUT2D eigenvalue weighted by Crippen LogP contribution is -2.05. The Hall–Kier alpha value is -0.800. The van der Waals surface area contributed by atoms with Gasteiger partial charge in [-0.3, -0.25) is 0 Å². The summed E-state index contributed by atoms with van der Waals surface area (Å²) in [5, 5.41) is 10.1. The molecule has 18 heavy (non-hydrogen) atoms. The molecule has 0 aromatic carbocycles. The lowest BCUT2D eigenvalue weighted by Gasteiger charge is -2.07. The van der Waals surface area contributed by atoms with Crippen molar-refractivity contribution in [2.24, 2.45) is 0 Å². The molecule has 2 rings (SSSR count). The van der Waals surface area contributed by atoms with Gasteiger partial charge in [0.05, 0.1) is 12.7 Å². The number of aliphatic hydroxyl groups is 1. The van der Waals surface area contributed by atoms with Crippen molar-refractivity contribution in [1.82, 2.24) is 4.57 Å². The van der Waals surface area contributed by atoms with Gasteiger partial charge < -0.3 is 14.4 Å².